The predicted octanol–water partition coefficient (Wildman–Crippen LogP) is 2.54. The summed E-state index contributed by atoms with van der Waals surface area (Å²) in [6.45, 7) is 3.54. The summed E-state index contributed by atoms with van der Waals surface area (Å²) >= 11 is 0. The Kier molecular flexibility index (Phi) is 2.89. The first-order valence-corrected chi connectivity index (χ1v) is 8.60. The van der Waals surface area contributed by atoms with E-state index in [0.29, 0.717) is 5.91 Å². The van der Waals surface area contributed by atoms with E-state index in [4.69, 9.17) is 4.98 Å². The molecule has 0 radical (unpaired) electrons. The number of aryl methyl sites for hydroxylation is 1. The first-order valence-electron chi connectivity index (χ1n) is 8.60. The van der Waals surface area contributed by atoms with Crippen molar-refractivity contribution < 1.29 is 4.79 Å². The van der Waals surface area contributed by atoms with E-state index in [1.165, 1.54) is 0 Å². The quantitative estimate of drug-likeness (QED) is 0.787. The average Bonchev–Trinajstić information content (AvgIpc) is 3.11. The molecule has 0 spiro atoms. The van der Waals surface area contributed by atoms with Gasteiger partial charge in [0.15, 0.2) is 0 Å². The van der Waals surface area contributed by atoms with Crippen molar-refractivity contribution in [2.75, 3.05) is 13.1 Å². The average molecular weight is 321 g/mol. The number of carbonyl (C=O) groups excluding carboxylic acids is 1. The summed E-state index contributed by atoms with van der Waals surface area (Å²) < 4.78 is 0. The highest BCUT2D eigenvalue weighted by Gasteiger charge is 2.37. The molecule has 1 atom stereocenters. The third-order valence-corrected chi connectivity index (χ3v) is 5.20. The number of nitrogens with one attached hydrogen (secondary N) is 1. The number of amides is 1. The van der Waals surface area contributed by atoms with Crippen LogP contribution >= 0.6 is 0 Å². The minimum absolute atomic E-state index is 0.275. The number of pyridine rings is 1. The van der Waals surface area contributed by atoms with Gasteiger partial charge in [0.1, 0.15) is 11.5 Å². The molecule has 5 rings (SSSR count). The van der Waals surface area contributed by atoms with Crippen molar-refractivity contribution in [2.45, 2.75) is 32.1 Å². The SMILES string of the molecule is Cc1nc(C2CCN(C(=O)C3CC3)C2)c2c(cnc3[nH]ccc32)n1. The smallest absolute Gasteiger partial charge is 0.225 e. The van der Waals surface area contributed by atoms with Gasteiger partial charge < -0.3 is 9.88 Å². The molecule has 6 nitrogen and oxygen atoms in total. The van der Waals surface area contributed by atoms with Gasteiger partial charge in [-0.15, -0.1) is 0 Å². The number of H-pyrrole nitrogens is 1. The molecule has 3 aromatic rings. The molecule has 4 heterocycles. The van der Waals surface area contributed by atoms with E-state index in [1.54, 1.807) is 0 Å². The summed E-state index contributed by atoms with van der Waals surface area (Å²) in [7, 11) is 0. The summed E-state index contributed by atoms with van der Waals surface area (Å²) in [5.41, 5.74) is 2.81. The molecule has 24 heavy (non-hydrogen) atoms. The van der Waals surface area contributed by atoms with E-state index >= 15 is 0 Å². The molecule has 2 aliphatic rings. The molecule has 0 aromatic carbocycles. The largest absolute Gasteiger partial charge is 0.346 e. The molecule has 2 fully saturated rings. The third-order valence-electron chi connectivity index (χ3n) is 5.20. The van der Waals surface area contributed by atoms with Crippen LogP contribution in [0.1, 0.15) is 36.7 Å². The Morgan fingerprint density at radius 2 is 2.17 bits per heavy atom. The van der Waals surface area contributed by atoms with Gasteiger partial charge in [0, 0.05) is 41.9 Å². The van der Waals surface area contributed by atoms with Gasteiger partial charge in [0.25, 0.3) is 0 Å². The van der Waals surface area contributed by atoms with E-state index in [1.807, 2.05) is 30.3 Å². The van der Waals surface area contributed by atoms with Crippen molar-refractivity contribution in [1.82, 2.24) is 24.8 Å². The minimum Gasteiger partial charge on any atom is -0.346 e. The highest BCUT2D eigenvalue weighted by atomic mass is 16.2. The monoisotopic (exact) mass is 321 g/mol. The molecule has 1 saturated heterocycles. The van der Waals surface area contributed by atoms with Crippen LogP contribution in [0.5, 0.6) is 0 Å². The Labute approximate surface area is 139 Å². The van der Waals surface area contributed by atoms with Crippen LogP contribution in [-0.2, 0) is 4.79 Å². The maximum atomic E-state index is 12.4. The van der Waals surface area contributed by atoms with Gasteiger partial charge in [-0.25, -0.2) is 15.0 Å². The summed E-state index contributed by atoms with van der Waals surface area (Å²) in [6.07, 6.45) is 6.81. The Hall–Kier alpha value is -2.50. The first kappa shape index (κ1) is 13.9. The number of rotatable bonds is 2. The van der Waals surface area contributed by atoms with Gasteiger partial charge in [-0.2, -0.15) is 0 Å². The number of fused-ring (bicyclic) bond motifs is 3. The van der Waals surface area contributed by atoms with E-state index in [9.17, 15) is 4.79 Å². The summed E-state index contributed by atoms with van der Waals surface area (Å²) in [4.78, 5) is 31.3. The van der Waals surface area contributed by atoms with Crippen molar-refractivity contribution in [2.24, 2.45) is 5.92 Å². The fourth-order valence-corrected chi connectivity index (χ4v) is 3.85. The lowest BCUT2D eigenvalue weighted by molar-refractivity contribution is -0.131. The lowest BCUT2D eigenvalue weighted by atomic mass is 9.99. The molecule has 1 aliphatic carbocycles. The van der Waals surface area contributed by atoms with E-state index < -0.39 is 0 Å². The van der Waals surface area contributed by atoms with Crippen LogP contribution < -0.4 is 0 Å². The highest BCUT2D eigenvalue weighted by Crippen LogP contribution is 2.37. The van der Waals surface area contributed by atoms with Crippen molar-refractivity contribution in [3.8, 4) is 0 Å². The lowest BCUT2D eigenvalue weighted by Crippen LogP contribution is -2.29. The van der Waals surface area contributed by atoms with Crippen molar-refractivity contribution in [1.29, 1.82) is 0 Å². The highest BCUT2D eigenvalue weighted by molar-refractivity contribution is 6.04. The van der Waals surface area contributed by atoms with Crippen molar-refractivity contribution in [3.05, 3.63) is 30.0 Å². The van der Waals surface area contributed by atoms with Crippen LogP contribution in [0.2, 0.25) is 0 Å². The second-order valence-electron chi connectivity index (χ2n) is 6.96. The second-order valence-corrected chi connectivity index (χ2v) is 6.96. The predicted molar refractivity (Wildman–Crippen MR) is 90.6 cm³/mol. The number of hydrogen-bond donors (Lipinski definition) is 1. The first-order chi connectivity index (χ1) is 11.7. The topological polar surface area (TPSA) is 74.8 Å². The molecular weight excluding hydrogens is 302 g/mol. The molecule has 0 bridgehead atoms. The number of aromatic amines is 1. The van der Waals surface area contributed by atoms with E-state index in [-0.39, 0.29) is 11.8 Å². The van der Waals surface area contributed by atoms with Gasteiger partial charge in [-0.05, 0) is 32.3 Å². The van der Waals surface area contributed by atoms with Crippen LogP contribution in [0, 0.1) is 12.8 Å². The van der Waals surface area contributed by atoms with Gasteiger partial charge in [0.05, 0.1) is 17.4 Å². The van der Waals surface area contributed by atoms with Crippen molar-refractivity contribution >= 4 is 27.8 Å². The molecule has 6 heteroatoms. The molecule has 1 aliphatic heterocycles. The lowest BCUT2D eigenvalue weighted by Gasteiger charge is -2.17. The normalized spacial score (nSPS) is 21.0. The van der Waals surface area contributed by atoms with Crippen LogP contribution in [-0.4, -0.2) is 43.8 Å². The number of aromatic nitrogens is 4. The number of likely N-dealkylation sites (tertiary alicyclic amines) is 1. The molecule has 3 aromatic heterocycles. The van der Waals surface area contributed by atoms with Crippen LogP contribution in [0.15, 0.2) is 18.5 Å². The minimum atomic E-state index is 0.275. The van der Waals surface area contributed by atoms with Crippen LogP contribution in [0.25, 0.3) is 21.9 Å². The molecule has 1 unspecified atom stereocenters. The van der Waals surface area contributed by atoms with E-state index in [2.05, 4.69) is 15.0 Å². The summed E-state index contributed by atoms with van der Waals surface area (Å²) in [5, 5.41) is 2.15. The zero-order valence-corrected chi connectivity index (χ0v) is 13.6. The zero-order valence-electron chi connectivity index (χ0n) is 13.6. The Morgan fingerprint density at radius 1 is 1.29 bits per heavy atom. The van der Waals surface area contributed by atoms with Crippen molar-refractivity contribution in [3.63, 3.8) is 0 Å². The van der Waals surface area contributed by atoms with Crippen LogP contribution in [0.3, 0.4) is 0 Å². The third kappa shape index (κ3) is 2.09. The number of carbonyl (C=O) groups is 1. The van der Waals surface area contributed by atoms with E-state index in [0.717, 1.165) is 65.8 Å². The van der Waals surface area contributed by atoms with Gasteiger partial charge in [-0.1, -0.05) is 0 Å². The molecule has 1 N–H and O–H groups in total. The van der Waals surface area contributed by atoms with Gasteiger partial charge in [0.2, 0.25) is 5.91 Å². The Bertz CT molecular complexity index is 959. The van der Waals surface area contributed by atoms with Gasteiger partial charge >= 0.3 is 0 Å². The maximum absolute atomic E-state index is 12.4. The molecule has 1 amide bonds. The number of nitrogens with zero attached hydrogens (tertiary/aromatic N) is 4. The fourth-order valence-electron chi connectivity index (χ4n) is 3.85. The molecule has 122 valence electrons. The summed E-state index contributed by atoms with van der Waals surface area (Å²) in [5.74, 6) is 1.66. The maximum Gasteiger partial charge on any atom is 0.225 e. The Balaban J connectivity index is 1.61. The fraction of sp³-hybridized carbons (Fsp3) is 0.444. The van der Waals surface area contributed by atoms with Gasteiger partial charge in [-0.3, -0.25) is 4.79 Å². The Morgan fingerprint density at radius 3 is 3.00 bits per heavy atom. The standard InChI is InChI=1S/C18H19N5O/c1-10-21-14-8-20-17-13(4-6-19-17)15(14)16(22-10)12-5-7-23(9-12)18(24)11-2-3-11/h4,6,8,11-12H,2-3,5,7,9H2,1H3,(H,19,20). The summed E-state index contributed by atoms with van der Waals surface area (Å²) in [6, 6.07) is 2.04. The molecule has 1 saturated carbocycles. The zero-order chi connectivity index (χ0) is 16.3. The molecular formula is C18H19N5O. The number of hydrogen-bond acceptors (Lipinski definition) is 4. The second kappa shape index (κ2) is 5.00. The van der Waals surface area contributed by atoms with Crippen LogP contribution in [0.4, 0.5) is 0 Å².